The Morgan fingerprint density at radius 3 is 2.71 bits per heavy atom. The van der Waals surface area contributed by atoms with Crippen LogP contribution in [0.3, 0.4) is 0 Å². The first-order valence-electron chi connectivity index (χ1n) is 11.1. The molecule has 1 aromatic heterocycles. The maximum Gasteiger partial charge on any atom is 0.522 e. The summed E-state index contributed by atoms with van der Waals surface area (Å²) in [6.45, 7) is 0. The minimum absolute atomic E-state index is 0.0147. The van der Waals surface area contributed by atoms with Crippen molar-refractivity contribution < 1.29 is 32.2 Å². The van der Waals surface area contributed by atoms with Crippen LogP contribution in [0.1, 0.15) is 60.4 Å². The molecule has 4 aliphatic carbocycles. The molecule has 180 valence electrons. The van der Waals surface area contributed by atoms with Gasteiger partial charge in [0.05, 0.1) is 29.8 Å². The summed E-state index contributed by atoms with van der Waals surface area (Å²) in [5.41, 5.74) is 0.790. The molecule has 1 amide bonds. The van der Waals surface area contributed by atoms with E-state index in [1.807, 2.05) is 10.9 Å². The van der Waals surface area contributed by atoms with Crippen molar-refractivity contribution in [2.75, 3.05) is 0 Å². The van der Waals surface area contributed by atoms with Gasteiger partial charge in [0.1, 0.15) is 5.75 Å². The molecule has 2 heterocycles. The summed E-state index contributed by atoms with van der Waals surface area (Å²) in [4.78, 5) is 25.3. The molecule has 11 heteroatoms. The molecular weight excluding hydrogens is 475 g/mol. The molecule has 0 radical (unpaired) electrons. The van der Waals surface area contributed by atoms with Crippen LogP contribution < -0.4 is 10.1 Å². The number of nitrogens with one attached hydrogen (secondary N) is 1. The fourth-order valence-corrected chi connectivity index (χ4v) is 6.00. The predicted molar refractivity (Wildman–Crippen MR) is 113 cm³/mol. The van der Waals surface area contributed by atoms with Crippen molar-refractivity contribution in [3.63, 3.8) is 0 Å². The zero-order valence-electron chi connectivity index (χ0n) is 17.9. The van der Waals surface area contributed by atoms with Crippen LogP contribution in [0.2, 0.25) is 5.02 Å². The second-order valence-electron chi connectivity index (χ2n) is 9.97. The van der Waals surface area contributed by atoms with E-state index >= 15 is 0 Å². The molecule has 1 aliphatic heterocycles. The average Bonchev–Trinajstić information content (AvgIpc) is 3.14. The van der Waals surface area contributed by atoms with E-state index in [4.69, 9.17) is 16.3 Å². The van der Waals surface area contributed by atoms with Crippen LogP contribution in [0.15, 0.2) is 30.6 Å². The number of fused-ring (bicyclic) bond motifs is 1. The number of hydrogen-bond acceptors (Lipinski definition) is 5. The Labute approximate surface area is 197 Å². The van der Waals surface area contributed by atoms with E-state index in [0.717, 1.165) is 5.56 Å². The van der Waals surface area contributed by atoms with Gasteiger partial charge in [-0.05, 0) is 61.8 Å². The fraction of sp³-hybridized carbons (Fsp3) is 0.522. The summed E-state index contributed by atoms with van der Waals surface area (Å²) in [5, 5.41) is 7.95. The number of aromatic nitrogens is 2. The first-order chi connectivity index (χ1) is 16.0. The number of alkyl halides is 3. The molecule has 34 heavy (non-hydrogen) atoms. The zero-order valence-corrected chi connectivity index (χ0v) is 18.7. The molecule has 1 N–H and O–H groups in total. The molecule has 1 atom stereocenters. The third kappa shape index (κ3) is 3.58. The predicted octanol–water partition coefficient (Wildman–Crippen LogP) is 4.10. The molecule has 2 aromatic rings. The first kappa shape index (κ1) is 21.9. The number of ether oxygens (including phenoxy) is 2. The number of carbonyl (C=O) groups is 2. The van der Waals surface area contributed by atoms with E-state index in [9.17, 15) is 22.8 Å². The fourth-order valence-electron chi connectivity index (χ4n) is 5.82. The minimum atomic E-state index is -4.60. The standard InChI is InChI=1S/C23H21ClF3N3O4/c24-14-1-2-18-16(5-14)17(31)6-19(33-18)20(32)29-21-9-22(10-21,11-21)30-8-13(7-28-30)12-3-15(4-12)34-23(25,26)27/h1-2,5,7-8,12,15,19H,3-4,6,9-11H2,(H,29,32)/t12-,15+,19-,21?,22?/m1/s1. The summed E-state index contributed by atoms with van der Waals surface area (Å²) in [6.07, 6.45) is 0.101. The maximum atomic E-state index is 12.8. The smallest absolute Gasteiger partial charge is 0.479 e. The molecule has 1 aromatic carbocycles. The van der Waals surface area contributed by atoms with Crippen molar-refractivity contribution in [3.8, 4) is 5.75 Å². The topological polar surface area (TPSA) is 82.5 Å². The van der Waals surface area contributed by atoms with E-state index in [2.05, 4.69) is 15.2 Å². The number of carbonyl (C=O) groups excluding carboxylic acids is 2. The lowest BCUT2D eigenvalue weighted by atomic mass is 9.44. The van der Waals surface area contributed by atoms with Gasteiger partial charge < -0.3 is 10.1 Å². The lowest BCUT2D eigenvalue weighted by molar-refractivity contribution is -0.351. The van der Waals surface area contributed by atoms with Crippen molar-refractivity contribution in [2.45, 2.75) is 74.1 Å². The molecule has 2 bridgehead atoms. The monoisotopic (exact) mass is 495 g/mol. The number of hydrogen-bond donors (Lipinski definition) is 1. The minimum Gasteiger partial charge on any atom is -0.479 e. The van der Waals surface area contributed by atoms with Gasteiger partial charge in [-0.1, -0.05) is 11.6 Å². The van der Waals surface area contributed by atoms with Gasteiger partial charge in [-0.15, -0.1) is 13.2 Å². The second-order valence-corrected chi connectivity index (χ2v) is 10.4. The van der Waals surface area contributed by atoms with Gasteiger partial charge >= 0.3 is 6.36 Å². The van der Waals surface area contributed by atoms with Crippen LogP contribution in [-0.2, 0) is 15.1 Å². The van der Waals surface area contributed by atoms with Crippen LogP contribution in [0.4, 0.5) is 13.2 Å². The zero-order chi connectivity index (χ0) is 23.9. The van der Waals surface area contributed by atoms with Gasteiger partial charge in [0.15, 0.2) is 11.9 Å². The van der Waals surface area contributed by atoms with E-state index in [0.29, 0.717) is 48.4 Å². The van der Waals surface area contributed by atoms with Crippen LogP contribution in [0, 0.1) is 0 Å². The van der Waals surface area contributed by atoms with Gasteiger partial charge in [0, 0.05) is 16.8 Å². The molecule has 5 aliphatic rings. The van der Waals surface area contributed by atoms with Gasteiger partial charge in [-0.25, -0.2) is 0 Å². The summed E-state index contributed by atoms with van der Waals surface area (Å²) in [7, 11) is 0. The number of rotatable bonds is 5. The maximum absolute atomic E-state index is 12.8. The molecular formula is C23H21ClF3N3O4. The number of nitrogens with zero attached hydrogens (tertiary/aromatic N) is 2. The Morgan fingerprint density at radius 1 is 1.26 bits per heavy atom. The van der Waals surface area contributed by atoms with Crippen molar-refractivity contribution in [3.05, 3.63) is 46.7 Å². The molecule has 7 rings (SSSR count). The number of Topliss-reactive ketones (excluding diaryl/α,β-unsaturated/α-hetero) is 1. The molecule has 7 nitrogen and oxygen atoms in total. The lowest BCUT2D eigenvalue weighted by Crippen LogP contribution is -2.79. The summed E-state index contributed by atoms with van der Waals surface area (Å²) in [5.74, 6) is -0.117. The number of halogens is 4. The third-order valence-corrected chi connectivity index (χ3v) is 7.76. The summed E-state index contributed by atoms with van der Waals surface area (Å²) >= 11 is 5.94. The van der Waals surface area contributed by atoms with Gasteiger partial charge in [-0.3, -0.25) is 19.0 Å². The van der Waals surface area contributed by atoms with Crippen molar-refractivity contribution in [1.29, 1.82) is 0 Å². The van der Waals surface area contributed by atoms with Crippen LogP contribution in [0.25, 0.3) is 0 Å². The van der Waals surface area contributed by atoms with E-state index < -0.39 is 18.6 Å². The van der Waals surface area contributed by atoms with Gasteiger partial charge in [0.25, 0.3) is 5.91 Å². The number of amides is 1. The Kier molecular flexibility index (Phi) is 4.64. The third-order valence-electron chi connectivity index (χ3n) is 7.52. The quantitative estimate of drug-likeness (QED) is 0.675. The van der Waals surface area contributed by atoms with Crippen molar-refractivity contribution >= 4 is 23.3 Å². The van der Waals surface area contributed by atoms with Gasteiger partial charge in [0.2, 0.25) is 0 Å². The molecule has 0 unspecified atom stereocenters. The normalized spacial score (nSPS) is 33.6. The van der Waals surface area contributed by atoms with Crippen LogP contribution >= 0.6 is 11.6 Å². The summed E-state index contributed by atoms with van der Waals surface area (Å²) in [6, 6.07) is 4.76. The molecule has 4 saturated carbocycles. The summed E-state index contributed by atoms with van der Waals surface area (Å²) < 4.78 is 48.7. The Balaban J connectivity index is 1.03. The Morgan fingerprint density at radius 2 is 2.00 bits per heavy atom. The Hall–Kier alpha value is -2.59. The molecule has 0 saturated heterocycles. The van der Waals surface area contributed by atoms with E-state index in [1.165, 1.54) is 0 Å². The van der Waals surface area contributed by atoms with Crippen molar-refractivity contribution in [1.82, 2.24) is 15.1 Å². The number of ketones is 1. The van der Waals surface area contributed by atoms with E-state index in [-0.39, 0.29) is 35.1 Å². The molecule has 4 fully saturated rings. The number of benzene rings is 1. The van der Waals surface area contributed by atoms with Crippen LogP contribution in [-0.4, -0.2) is 45.6 Å². The largest absolute Gasteiger partial charge is 0.522 e. The lowest BCUT2D eigenvalue weighted by Gasteiger charge is -2.70. The average molecular weight is 496 g/mol. The highest BCUT2D eigenvalue weighted by molar-refractivity contribution is 6.31. The van der Waals surface area contributed by atoms with Crippen LogP contribution in [0.5, 0.6) is 5.75 Å². The highest BCUT2D eigenvalue weighted by Crippen LogP contribution is 2.65. The van der Waals surface area contributed by atoms with E-state index in [1.54, 1.807) is 24.4 Å². The van der Waals surface area contributed by atoms with Crippen molar-refractivity contribution in [2.24, 2.45) is 0 Å². The molecule has 0 spiro atoms. The Bertz CT molecular complexity index is 1170. The van der Waals surface area contributed by atoms with Gasteiger partial charge in [-0.2, -0.15) is 5.10 Å². The first-order valence-corrected chi connectivity index (χ1v) is 11.5. The highest BCUT2D eigenvalue weighted by Gasteiger charge is 2.70. The second kappa shape index (κ2) is 7.21. The SMILES string of the molecule is O=C1C[C@H](C(=O)NC23CC(n4cc([C@H]5C[C@@H](OC(F)(F)F)C5)cn4)(C2)C3)Oc2ccc(Cl)cc21. The highest BCUT2D eigenvalue weighted by atomic mass is 35.5.